The number of rotatable bonds is 2. The van der Waals surface area contributed by atoms with Crippen molar-refractivity contribution < 1.29 is 57.8 Å². The van der Waals surface area contributed by atoms with Crippen LogP contribution >= 0.6 is 34.8 Å². The molecular weight excluding hydrogens is 966 g/mol. The monoisotopic (exact) mass is 999 g/mol. The molecule has 2 aliphatic heterocycles. The topological polar surface area (TPSA) is 526 Å². The van der Waals surface area contributed by atoms with Crippen LogP contribution in [0.15, 0.2) is 40.4 Å². The number of aryl methyl sites for hydroxylation is 1. The number of anilines is 6. The molecule has 2 aliphatic rings. The first kappa shape index (κ1) is 54.4. The van der Waals surface area contributed by atoms with E-state index < -0.39 is 83.5 Å². The number of aliphatic hydroxyl groups excluding tert-OH is 2. The molecule has 2 fully saturated rings. The van der Waals surface area contributed by atoms with Crippen molar-refractivity contribution in [2.45, 2.75) is 37.1 Å². The third kappa shape index (κ3) is 15.0. The van der Waals surface area contributed by atoms with Crippen molar-refractivity contribution in [2.24, 2.45) is 5.73 Å². The smallest absolute Gasteiger partial charge is 0.365 e. The number of aromatic hydroxyl groups is 3. The number of alkyl halides is 3. The largest absolute Gasteiger partial charge is 0.502 e. The molecule has 0 radical (unpaired) electrons. The number of H-pyrrole nitrogens is 1. The minimum atomic E-state index is -4.49. The van der Waals surface area contributed by atoms with Crippen molar-refractivity contribution in [1.29, 1.82) is 0 Å². The maximum atomic E-state index is 14.5. The van der Waals surface area contributed by atoms with Gasteiger partial charge in [-0.1, -0.05) is 23.2 Å². The molecule has 0 aliphatic carbocycles. The number of hydrogen-bond donors (Lipinski definition) is 15. The van der Waals surface area contributed by atoms with Crippen molar-refractivity contribution in [3.05, 3.63) is 72.8 Å². The Morgan fingerprint density at radius 2 is 1.33 bits per heavy atom. The first-order chi connectivity index (χ1) is 30.5. The maximum Gasteiger partial charge on any atom is 0.365 e. The number of urea groups is 1. The van der Waals surface area contributed by atoms with Crippen LogP contribution in [0, 0.1) is 6.92 Å². The number of hydrogen-bond acceptors (Lipinski definition) is 26. The van der Waals surface area contributed by atoms with E-state index in [2.05, 4.69) is 44.6 Å². The third-order valence-electron chi connectivity index (χ3n) is 7.19. The molecular formula is C30H35Cl3F3N19O11. The number of aliphatic hydroxyl groups is 2. The van der Waals surface area contributed by atoms with Crippen LogP contribution in [0.1, 0.15) is 5.56 Å². The highest BCUT2D eigenvalue weighted by Gasteiger charge is 2.71. The Kier molecular flexibility index (Phi) is 19.2. The molecule has 0 bridgehead atoms. The number of nitrogens with one attached hydrogen (secondary N) is 3. The molecule has 7 rings (SSSR count). The molecule has 5 aromatic rings. The number of nitrogen functional groups attached to an aromatic ring is 6. The first-order valence-corrected chi connectivity index (χ1v) is 18.0. The molecule has 0 spiro atoms. The summed E-state index contributed by atoms with van der Waals surface area (Å²) in [5.41, 5.74) is 34.2. The van der Waals surface area contributed by atoms with E-state index in [0.29, 0.717) is 17.8 Å². The molecule has 4 amide bonds. The van der Waals surface area contributed by atoms with Gasteiger partial charge in [-0.25, -0.2) is 34.1 Å². The van der Waals surface area contributed by atoms with Crippen LogP contribution in [0.2, 0.25) is 15.6 Å². The van der Waals surface area contributed by atoms with Crippen molar-refractivity contribution in [2.75, 3.05) is 41.0 Å². The summed E-state index contributed by atoms with van der Waals surface area (Å²) in [6, 6.07) is 0.199. The summed E-state index contributed by atoms with van der Waals surface area (Å²) in [5, 5.41) is 47.8. The Morgan fingerprint density at radius 1 is 0.818 bits per heavy atom. The predicted octanol–water partition coefficient (Wildman–Crippen LogP) is -3.03. The van der Waals surface area contributed by atoms with E-state index in [1.807, 2.05) is 10.6 Å². The number of imide groups is 2. The Balaban J connectivity index is 0.000000283. The van der Waals surface area contributed by atoms with E-state index >= 15 is 0 Å². The van der Waals surface area contributed by atoms with Crippen molar-refractivity contribution in [1.82, 2.24) is 60.1 Å². The number of aromatic amines is 1. The van der Waals surface area contributed by atoms with Gasteiger partial charge < -0.3 is 70.4 Å². The zero-order valence-electron chi connectivity index (χ0n) is 32.8. The summed E-state index contributed by atoms with van der Waals surface area (Å²) >= 11 is 16.2. The average Bonchev–Trinajstić information content (AvgIpc) is 3.38. The lowest BCUT2D eigenvalue weighted by molar-refractivity contribution is -0.297. The molecule has 3 atom stereocenters. The van der Waals surface area contributed by atoms with Crippen LogP contribution in [-0.4, -0.2) is 124 Å². The minimum Gasteiger partial charge on any atom is -0.502 e. The van der Waals surface area contributed by atoms with E-state index in [-0.39, 0.29) is 49.0 Å². The number of ether oxygens (including phenoxy) is 1. The molecule has 0 unspecified atom stereocenters. The molecule has 358 valence electrons. The fraction of sp³-hybridized carbons (Fsp3) is 0.233. The van der Waals surface area contributed by atoms with Crippen molar-refractivity contribution in [3.8, 4) is 17.6 Å². The third-order valence-corrected chi connectivity index (χ3v) is 7.75. The van der Waals surface area contributed by atoms with E-state index in [4.69, 9.17) is 95.4 Å². The molecule has 2 saturated heterocycles. The number of barbiturate groups is 1. The van der Waals surface area contributed by atoms with Crippen molar-refractivity contribution >= 4 is 87.6 Å². The van der Waals surface area contributed by atoms with Gasteiger partial charge in [0.05, 0.1) is 12.8 Å². The molecule has 66 heavy (non-hydrogen) atoms. The van der Waals surface area contributed by atoms with E-state index in [1.165, 1.54) is 25.4 Å². The van der Waals surface area contributed by atoms with Crippen molar-refractivity contribution in [3.63, 3.8) is 0 Å². The van der Waals surface area contributed by atoms with Gasteiger partial charge in [-0.05, 0) is 18.5 Å². The molecule has 22 N–H and O–H groups in total. The molecule has 5 aromatic heterocycles. The van der Waals surface area contributed by atoms with Gasteiger partial charge in [0.1, 0.15) is 40.1 Å². The second-order valence-electron chi connectivity index (χ2n) is 12.0. The van der Waals surface area contributed by atoms with Gasteiger partial charge in [-0.3, -0.25) is 30.0 Å². The summed E-state index contributed by atoms with van der Waals surface area (Å²) < 4.78 is 46.3. The first-order valence-electron chi connectivity index (χ1n) is 16.9. The van der Waals surface area contributed by atoms with Crippen LogP contribution in [0.3, 0.4) is 0 Å². The quantitative estimate of drug-likeness (QED) is 0.0475. The normalized spacial score (nSPS) is 18.1. The summed E-state index contributed by atoms with van der Waals surface area (Å²) in [4.78, 5) is 83.3. The van der Waals surface area contributed by atoms with Gasteiger partial charge >= 0.3 is 29.6 Å². The molecule has 30 nitrogen and oxygen atoms in total. The van der Waals surface area contributed by atoms with Gasteiger partial charge in [0.2, 0.25) is 11.2 Å². The molecule has 36 heteroatoms. The standard InChI is InChI=1S/C10H11F3N2O5.C4HCl3N2.2C4H7N5.C4H5N3O3.C4H4N2O3/c1-4-2-15(8(19)14-7(4)18)10(13)9(11,12)6(17)5(3-16)20-10;5-2-1-3(6)9-4(7)8-2;5-2-3(6)8-1-9-4(2)7;5-2-1-3(6)9-4(7)8-2;5-1-2(8)6-4(10)7-3(1)9;7-2-1-5-4(9)6-3(2)8/h2,5-6,16-17H,3H2,1H3,(H,14,18,19);1H;1H,5H2,(H4,6,7,8,9);1H,(H6,5,6,7,8,9);1H,5H2,(H2,6,7,8,9,10);1,7H,(H2,5,6,8,9)/t5-,6-,10+;;;;;/m1...../s1. The maximum absolute atomic E-state index is 14.5. The summed E-state index contributed by atoms with van der Waals surface area (Å²) in [5.74, 6) is -9.98. The van der Waals surface area contributed by atoms with Gasteiger partial charge in [0.15, 0.2) is 29.5 Å². The fourth-order valence-electron chi connectivity index (χ4n) is 4.07. The van der Waals surface area contributed by atoms with Crippen LogP contribution in [0.25, 0.3) is 0 Å². The zero-order valence-corrected chi connectivity index (χ0v) is 35.1. The second kappa shape index (κ2) is 23.3. The number of nitrogens with two attached hydrogens (primary N) is 7. The average molecular weight is 1000 g/mol. The number of carbonyl (C=O) groups is 3. The summed E-state index contributed by atoms with van der Waals surface area (Å²) in [7, 11) is 0. The van der Waals surface area contributed by atoms with Gasteiger partial charge in [0, 0.05) is 23.9 Å². The van der Waals surface area contributed by atoms with E-state index in [0.717, 1.165) is 6.20 Å². The highest BCUT2D eigenvalue weighted by Crippen LogP contribution is 2.48. The molecule has 0 aromatic carbocycles. The Labute approximate surface area is 379 Å². The highest BCUT2D eigenvalue weighted by molar-refractivity contribution is 6.35. The summed E-state index contributed by atoms with van der Waals surface area (Å²) in [6.45, 7) is 0.102. The van der Waals surface area contributed by atoms with Crippen LogP contribution in [0.4, 0.5) is 52.9 Å². The highest BCUT2D eigenvalue weighted by atomic mass is 35.5. The Hall–Kier alpha value is -7.69. The zero-order chi connectivity index (χ0) is 50.4. The van der Waals surface area contributed by atoms with E-state index in [1.54, 1.807) is 4.98 Å². The van der Waals surface area contributed by atoms with Gasteiger partial charge in [-0.15, -0.1) is 0 Å². The second-order valence-corrected chi connectivity index (χ2v) is 13.1. The summed E-state index contributed by atoms with van der Waals surface area (Å²) in [6.07, 6.45) is -1.83. The Bertz CT molecular complexity index is 2470. The number of carbonyl (C=O) groups excluding carboxylic acids is 3. The lowest BCUT2D eigenvalue weighted by atomic mass is 10.1. The molecule has 0 saturated carbocycles. The SMILES string of the molecule is Cc1cn([C@]2(F)O[C@H](CO)[C@@H](O)C2(F)F)c(=O)[nH]c1=O.Clc1cc(Cl)nc(Cl)n1.NC1C(=O)NC(=O)NC1=O.Nc1cc(N)nc(N)n1.Nc1ncnc(N)c1N.Oc1ncc(O)c(O)n1. The van der Waals surface area contributed by atoms with Gasteiger partial charge in [-0.2, -0.15) is 33.1 Å². The fourth-order valence-corrected chi connectivity index (χ4v) is 4.77. The number of halogens is 6. The number of aromatic nitrogens is 10. The lowest BCUT2D eigenvalue weighted by Gasteiger charge is -2.27. The Morgan fingerprint density at radius 3 is 1.74 bits per heavy atom. The van der Waals surface area contributed by atoms with Crippen LogP contribution in [0.5, 0.6) is 17.6 Å². The molecule has 7 heterocycles. The van der Waals surface area contributed by atoms with Gasteiger partial charge in [0.25, 0.3) is 23.3 Å². The van der Waals surface area contributed by atoms with Crippen LogP contribution < -0.4 is 62.0 Å². The minimum absolute atomic E-state index is 0.0625. The van der Waals surface area contributed by atoms with E-state index in [9.17, 15) is 42.3 Å². The number of amides is 4. The number of nitrogens with zero attached hydrogens (tertiary/aromatic N) is 9. The predicted molar refractivity (Wildman–Crippen MR) is 222 cm³/mol. The lowest BCUT2D eigenvalue weighted by Crippen LogP contribution is -2.61. The van der Waals surface area contributed by atoms with Crippen LogP contribution in [-0.2, 0) is 20.3 Å².